The molecular weight excluding hydrogens is 603 g/mol. The van der Waals surface area contributed by atoms with Crippen LogP contribution in [0, 0.1) is 6.92 Å². The van der Waals surface area contributed by atoms with Gasteiger partial charge in [-0.3, -0.25) is 9.97 Å². The lowest BCUT2D eigenvalue weighted by atomic mass is 9.96. The second-order valence-corrected chi connectivity index (χ2v) is 13.9. The van der Waals surface area contributed by atoms with E-state index in [9.17, 15) is 4.79 Å². The van der Waals surface area contributed by atoms with E-state index in [0.29, 0.717) is 35.5 Å². The van der Waals surface area contributed by atoms with Crippen molar-refractivity contribution in [1.29, 1.82) is 0 Å². The molecule has 6 heterocycles. The fourth-order valence-corrected chi connectivity index (χ4v) is 7.13. The molecule has 0 radical (unpaired) electrons. The lowest BCUT2D eigenvalue weighted by molar-refractivity contribution is 0.0203. The number of thiophene rings is 1. The van der Waals surface area contributed by atoms with Gasteiger partial charge in [0.25, 0.3) is 0 Å². The average molecular weight is 634 g/mol. The summed E-state index contributed by atoms with van der Waals surface area (Å²) in [6, 6.07) is 9.74. The molecule has 6 rings (SSSR count). The standard InChI is InChI=1S/C30H31N7O3S3/c1-18-22(6-5-11-31-18)39-23-16-20(42-24-7-12-32-21-10-15-41-25(21)24)17-33-27(23)35-28-34-26(36-43-28)19-8-13-37(14-9-19)29(38)40-30(2,3)4/h5-7,10-12,15-17,19H,8-9,13-14H2,1-4H3,(H,33,34,35,36). The minimum atomic E-state index is -0.510. The van der Waals surface area contributed by atoms with Crippen LogP contribution in [0.25, 0.3) is 10.2 Å². The van der Waals surface area contributed by atoms with Crippen LogP contribution in [0.4, 0.5) is 15.7 Å². The van der Waals surface area contributed by atoms with Gasteiger partial charge in [0.05, 0.1) is 15.9 Å². The fraction of sp³-hybridized carbons (Fsp3) is 0.333. The summed E-state index contributed by atoms with van der Waals surface area (Å²) in [6.07, 6.45) is 6.67. The van der Waals surface area contributed by atoms with Crippen LogP contribution in [0.5, 0.6) is 11.5 Å². The van der Waals surface area contributed by atoms with Crippen molar-refractivity contribution in [2.45, 2.75) is 61.8 Å². The van der Waals surface area contributed by atoms with Crippen molar-refractivity contribution in [2.24, 2.45) is 0 Å². The lowest BCUT2D eigenvalue weighted by Gasteiger charge is -2.32. The van der Waals surface area contributed by atoms with E-state index in [4.69, 9.17) is 19.4 Å². The predicted molar refractivity (Wildman–Crippen MR) is 170 cm³/mol. The summed E-state index contributed by atoms with van der Waals surface area (Å²) in [5.74, 6) is 2.67. The number of likely N-dealkylation sites (tertiary alicyclic amines) is 1. The van der Waals surface area contributed by atoms with E-state index >= 15 is 0 Å². The number of aromatic nitrogens is 5. The smallest absolute Gasteiger partial charge is 0.410 e. The van der Waals surface area contributed by atoms with Crippen molar-refractivity contribution in [1.82, 2.24) is 29.2 Å². The summed E-state index contributed by atoms with van der Waals surface area (Å²) in [5.41, 5.74) is 1.24. The molecule has 1 N–H and O–H groups in total. The lowest BCUT2D eigenvalue weighted by Crippen LogP contribution is -2.41. The number of rotatable bonds is 7. The third-order valence-corrected chi connectivity index (χ3v) is 9.45. The molecule has 1 fully saturated rings. The van der Waals surface area contributed by atoms with Gasteiger partial charge in [-0.2, -0.15) is 4.37 Å². The van der Waals surface area contributed by atoms with Gasteiger partial charge in [-0.25, -0.2) is 14.8 Å². The highest BCUT2D eigenvalue weighted by Gasteiger charge is 2.29. The van der Waals surface area contributed by atoms with E-state index in [1.54, 1.807) is 34.2 Å². The Bertz CT molecular complexity index is 1740. The summed E-state index contributed by atoms with van der Waals surface area (Å²) >= 11 is 4.57. The summed E-state index contributed by atoms with van der Waals surface area (Å²) < 4.78 is 17.7. The van der Waals surface area contributed by atoms with Crippen LogP contribution >= 0.6 is 34.6 Å². The number of fused-ring (bicyclic) bond motifs is 1. The van der Waals surface area contributed by atoms with Gasteiger partial charge in [0.2, 0.25) is 5.13 Å². The van der Waals surface area contributed by atoms with E-state index in [1.807, 2.05) is 75.8 Å². The second-order valence-electron chi connectivity index (χ2n) is 11.1. The number of pyridine rings is 3. The topological polar surface area (TPSA) is 115 Å². The Morgan fingerprint density at radius 2 is 1.93 bits per heavy atom. The van der Waals surface area contributed by atoms with E-state index in [2.05, 4.69) is 19.7 Å². The highest BCUT2D eigenvalue weighted by Crippen LogP contribution is 2.40. The molecule has 10 nitrogen and oxygen atoms in total. The van der Waals surface area contributed by atoms with E-state index < -0.39 is 5.60 Å². The van der Waals surface area contributed by atoms with Crippen molar-refractivity contribution in [3.63, 3.8) is 0 Å². The number of nitrogens with zero attached hydrogens (tertiary/aromatic N) is 6. The number of ether oxygens (including phenoxy) is 2. The zero-order valence-electron chi connectivity index (χ0n) is 24.2. The van der Waals surface area contributed by atoms with Gasteiger partial charge < -0.3 is 19.7 Å². The van der Waals surface area contributed by atoms with Gasteiger partial charge in [-0.15, -0.1) is 11.3 Å². The molecular formula is C30H31N7O3S3. The minimum Gasteiger partial charge on any atom is -0.452 e. The molecule has 1 amide bonds. The summed E-state index contributed by atoms with van der Waals surface area (Å²) in [6.45, 7) is 8.77. The molecule has 0 aliphatic carbocycles. The Morgan fingerprint density at radius 1 is 1.09 bits per heavy atom. The quantitative estimate of drug-likeness (QED) is 0.189. The number of nitrogens with one attached hydrogen (secondary N) is 1. The van der Waals surface area contributed by atoms with Crippen LogP contribution < -0.4 is 10.1 Å². The Morgan fingerprint density at radius 3 is 2.72 bits per heavy atom. The van der Waals surface area contributed by atoms with Crippen molar-refractivity contribution in [3.05, 3.63) is 65.8 Å². The molecule has 0 unspecified atom stereocenters. The molecule has 0 atom stereocenters. The van der Waals surface area contributed by atoms with Crippen LogP contribution in [-0.4, -0.2) is 54.0 Å². The number of piperidine rings is 1. The molecule has 0 saturated carbocycles. The number of carbonyl (C=O) groups excluding carboxylic acids is 1. The molecule has 43 heavy (non-hydrogen) atoms. The summed E-state index contributed by atoms with van der Waals surface area (Å²) in [7, 11) is 0. The predicted octanol–water partition coefficient (Wildman–Crippen LogP) is 8.05. The van der Waals surface area contributed by atoms with Gasteiger partial charge in [-0.1, -0.05) is 11.8 Å². The van der Waals surface area contributed by atoms with Crippen molar-refractivity contribution < 1.29 is 14.3 Å². The van der Waals surface area contributed by atoms with E-state index in [0.717, 1.165) is 44.4 Å². The second kappa shape index (κ2) is 12.4. The van der Waals surface area contributed by atoms with Crippen molar-refractivity contribution in [3.8, 4) is 11.5 Å². The van der Waals surface area contributed by atoms with Gasteiger partial charge in [0.1, 0.15) is 17.2 Å². The molecule has 0 spiro atoms. The molecule has 0 aromatic carbocycles. The van der Waals surface area contributed by atoms with Crippen LogP contribution in [0.3, 0.4) is 0 Å². The van der Waals surface area contributed by atoms with Crippen LogP contribution in [0.15, 0.2) is 64.1 Å². The number of hydrogen-bond donors (Lipinski definition) is 1. The Kier molecular flexibility index (Phi) is 8.46. The Labute approximate surface area is 262 Å². The van der Waals surface area contributed by atoms with Crippen LogP contribution in [-0.2, 0) is 4.74 Å². The van der Waals surface area contributed by atoms with Gasteiger partial charge in [-0.05, 0) is 70.2 Å². The maximum Gasteiger partial charge on any atom is 0.410 e. The number of hydrogen-bond acceptors (Lipinski definition) is 12. The van der Waals surface area contributed by atoms with E-state index in [1.165, 1.54) is 11.5 Å². The molecule has 0 bridgehead atoms. The maximum absolute atomic E-state index is 12.5. The SMILES string of the molecule is Cc1ncccc1Oc1cc(Sc2ccnc3ccsc23)cnc1Nc1nc(C2CCN(C(=O)OC(C)(C)C)CC2)ns1. The maximum atomic E-state index is 12.5. The van der Waals surface area contributed by atoms with Crippen molar-refractivity contribution in [2.75, 3.05) is 18.4 Å². The van der Waals surface area contributed by atoms with Gasteiger partial charge >= 0.3 is 6.09 Å². The van der Waals surface area contributed by atoms with Gasteiger partial charge in [0.15, 0.2) is 11.6 Å². The minimum absolute atomic E-state index is 0.167. The molecule has 5 aromatic rings. The molecule has 1 saturated heterocycles. The largest absolute Gasteiger partial charge is 0.452 e. The molecule has 222 valence electrons. The third-order valence-electron chi connectivity index (χ3n) is 6.72. The molecule has 1 aliphatic heterocycles. The average Bonchev–Trinajstić information content (AvgIpc) is 3.65. The summed E-state index contributed by atoms with van der Waals surface area (Å²) in [4.78, 5) is 34.6. The monoisotopic (exact) mass is 633 g/mol. The number of anilines is 2. The number of amides is 1. The Balaban J connectivity index is 1.19. The number of aryl methyl sites for hydroxylation is 1. The first-order valence-electron chi connectivity index (χ1n) is 13.9. The highest BCUT2D eigenvalue weighted by molar-refractivity contribution is 7.99. The molecule has 1 aliphatic rings. The zero-order valence-corrected chi connectivity index (χ0v) is 26.7. The third kappa shape index (κ3) is 7.06. The van der Waals surface area contributed by atoms with Gasteiger partial charge in [0, 0.05) is 65.0 Å². The Hall–Kier alpha value is -3.81. The number of carbonyl (C=O) groups is 1. The van der Waals surface area contributed by atoms with Crippen LogP contribution in [0.1, 0.15) is 51.0 Å². The first-order chi connectivity index (χ1) is 20.7. The van der Waals surface area contributed by atoms with E-state index in [-0.39, 0.29) is 12.0 Å². The zero-order chi connectivity index (χ0) is 30.0. The first kappa shape index (κ1) is 29.3. The summed E-state index contributed by atoms with van der Waals surface area (Å²) in [5, 5.41) is 6.00. The highest BCUT2D eigenvalue weighted by atomic mass is 32.2. The normalized spacial score (nSPS) is 14.2. The molecule has 13 heteroatoms. The fourth-order valence-electron chi connectivity index (χ4n) is 4.61. The molecule has 5 aromatic heterocycles. The van der Waals surface area contributed by atoms with Crippen molar-refractivity contribution >= 4 is 61.9 Å². The first-order valence-corrected chi connectivity index (χ1v) is 16.4. The van der Waals surface area contributed by atoms with Crippen LogP contribution in [0.2, 0.25) is 0 Å².